The van der Waals surface area contributed by atoms with Crippen molar-refractivity contribution in [2.24, 2.45) is 7.05 Å². The Bertz CT molecular complexity index is 727. The zero-order chi connectivity index (χ0) is 16.2. The Labute approximate surface area is 129 Å². The minimum absolute atomic E-state index is 0.00407. The number of sulfonamides is 1. The highest BCUT2D eigenvalue weighted by Gasteiger charge is 2.15. The van der Waals surface area contributed by atoms with Crippen molar-refractivity contribution < 1.29 is 8.42 Å². The van der Waals surface area contributed by atoms with Crippen molar-refractivity contribution in [1.29, 1.82) is 0 Å². The summed E-state index contributed by atoms with van der Waals surface area (Å²) in [4.78, 5) is 5.73. The molecule has 0 aromatic carbocycles. The van der Waals surface area contributed by atoms with Gasteiger partial charge in [0.05, 0.1) is 18.2 Å². The minimum atomic E-state index is -3.58. The summed E-state index contributed by atoms with van der Waals surface area (Å²) in [7, 11) is 1.94. The van der Waals surface area contributed by atoms with Crippen molar-refractivity contribution in [3.8, 4) is 0 Å². The van der Waals surface area contributed by atoms with Gasteiger partial charge in [0.25, 0.3) is 10.0 Å². The summed E-state index contributed by atoms with van der Waals surface area (Å²) in [6.07, 6.45) is 4.53. The van der Waals surface area contributed by atoms with E-state index in [9.17, 15) is 8.42 Å². The van der Waals surface area contributed by atoms with Crippen molar-refractivity contribution in [3.63, 3.8) is 0 Å². The van der Waals surface area contributed by atoms with E-state index in [1.165, 1.54) is 12.5 Å². The molecule has 0 radical (unpaired) electrons. The summed E-state index contributed by atoms with van der Waals surface area (Å²) in [6.45, 7) is 0.602. The molecule has 0 amide bonds. The lowest BCUT2D eigenvalue weighted by molar-refractivity contribution is 0.579. The Morgan fingerprint density at radius 3 is 2.73 bits per heavy atom. The maximum Gasteiger partial charge on any atom is 0.259 e. The quantitative estimate of drug-likeness (QED) is 0.671. The molecular weight excluding hydrogens is 306 g/mol. The summed E-state index contributed by atoms with van der Waals surface area (Å²) in [5.74, 6) is 0.586. The van der Waals surface area contributed by atoms with Gasteiger partial charge in [-0.05, 0) is 0 Å². The number of anilines is 2. The van der Waals surface area contributed by atoms with Gasteiger partial charge in [-0.25, -0.2) is 18.1 Å². The summed E-state index contributed by atoms with van der Waals surface area (Å²) in [6, 6.07) is 1.83. The Hall–Kier alpha value is -2.20. The Kier molecular flexibility index (Phi) is 4.93. The number of hydrogen-bond donors (Lipinski definition) is 2. The fourth-order valence-electron chi connectivity index (χ4n) is 1.66. The molecule has 9 nitrogen and oxygen atoms in total. The molecule has 10 heteroatoms. The molecule has 2 aromatic heterocycles. The number of aryl methyl sites for hydroxylation is 1. The van der Waals surface area contributed by atoms with Crippen LogP contribution in [0.3, 0.4) is 0 Å². The van der Waals surface area contributed by atoms with Gasteiger partial charge in [-0.2, -0.15) is 5.10 Å². The van der Waals surface area contributed by atoms with Crippen LogP contribution >= 0.6 is 0 Å². The molecular formula is C12H19N7O2S. The highest BCUT2D eigenvalue weighted by molar-refractivity contribution is 7.89. The third-order valence-corrected chi connectivity index (χ3v) is 4.18. The fraction of sp³-hybridized carbons (Fsp3) is 0.417. The lowest BCUT2D eigenvalue weighted by Gasteiger charge is -2.12. The predicted octanol–water partition coefficient (Wildman–Crippen LogP) is -0.333. The first-order chi connectivity index (χ1) is 10.4. The molecule has 0 unspecified atom stereocenters. The van der Waals surface area contributed by atoms with Crippen LogP contribution in [0.4, 0.5) is 11.5 Å². The Morgan fingerprint density at radius 1 is 1.32 bits per heavy atom. The summed E-state index contributed by atoms with van der Waals surface area (Å²) in [5.41, 5.74) is 0.909. The second-order valence-electron chi connectivity index (χ2n) is 4.90. The van der Waals surface area contributed by atoms with Crippen molar-refractivity contribution >= 4 is 21.5 Å². The smallest absolute Gasteiger partial charge is 0.259 e. The van der Waals surface area contributed by atoms with E-state index < -0.39 is 10.0 Å². The Morgan fingerprint density at radius 2 is 2.09 bits per heavy atom. The van der Waals surface area contributed by atoms with E-state index in [1.54, 1.807) is 17.8 Å². The number of aromatic nitrogens is 4. The largest absolute Gasteiger partial charge is 0.376 e. The van der Waals surface area contributed by atoms with Crippen LogP contribution < -0.4 is 14.9 Å². The number of imidazole rings is 1. The van der Waals surface area contributed by atoms with Crippen LogP contribution in [0.2, 0.25) is 0 Å². The number of hydrogen-bond acceptors (Lipinski definition) is 7. The second kappa shape index (κ2) is 6.71. The molecule has 0 aliphatic rings. The van der Waals surface area contributed by atoms with E-state index in [2.05, 4.69) is 25.2 Å². The maximum atomic E-state index is 12.0. The highest BCUT2D eigenvalue weighted by atomic mass is 32.2. The molecule has 2 heterocycles. The molecule has 0 aliphatic heterocycles. The van der Waals surface area contributed by atoms with Gasteiger partial charge in [0.1, 0.15) is 0 Å². The molecule has 0 bridgehead atoms. The normalized spacial score (nSPS) is 11.4. The first-order valence-corrected chi connectivity index (χ1v) is 8.08. The fourth-order valence-corrected chi connectivity index (χ4v) is 2.67. The molecule has 22 heavy (non-hydrogen) atoms. The van der Waals surface area contributed by atoms with Crippen LogP contribution in [0.1, 0.15) is 0 Å². The standard InChI is InChI=1S/C12H19N7O2S/c1-18(2)10-6-11(17-15-7-10)13-4-5-16-22(20,21)12-8-19(3)9-14-12/h6-9,16H,4-5H2,1-3H3,(H,13,17). The molecule has 0 spiro atoms. The van der Waals surface area contributed by atoms with E-state index >= 15 is 0 Å². The van der Waals surface area contributed by atoms with Crippen LogP contribution in [-0.2, 0) is 17.1 Å². The second-order valence-corrected chi connectivity index (χ2v) is 6.61. The minimum Gasteiger partial charge on any atom is -0.376 e. The molecule has 0 fully saturated rings. The lowest BCUT2D eigenvalue weighted by Crippen LogP contribution is -2.29. The molecule has 2 N–H and O–H groups in total. The molecule has 0 atom stereocenters. The van der Waals surface area contributed by atoms with Crippen LogP contribution in [-0.4, -0.2) is 55.4 Å². The molecule has 0 saturated carbocycles. The molecule has 2 aromatic rings. The van der Waals surface area contributed by atoms with Gasteiger partial charge in [0.2, 0.25) is 0 Å². The van der Waals surface area contributed by atoms with Gasteiger partial charge in [-0.3, -0.25) is 0 Å². The van der Waals surface area contributed by atoms with Gasteiger partial charge in [0, 0.05) is 46.5 Å². The average molecular weight is 325 g/mol. The number of nitrogens with zero attached hydrogens (tertiary/aromatic N) is 5. The highest BCUT2D eigenvalue weighted by Crippen LogP contribution is 2.12. The SMILES string of the molecule is CN(C)c1cnnc(NCCNS(=O)(=O)c2cn(C)cn2)c1. The molecule has 0 saturated heterocycles. The van der Waals surface area contributed by atoms with Gasteiger partial charge in [-0.15, -0.1) is 5.10 Å². The summed E-state index contributed by atoms with van der Waals surface area (Å²) in [5, 5.41) is 10.8. The van der Waals surface area contributed by atoms with Gasteiger partial charge < -0.3 is 14.8 Å². The summed E-state index contributed by atoms with van der Waals surface area (Å²) >= 11 is 0. The van der Waals surface area contributed by atoms with Crippen LogP contribution in [0, 0.1) is 0 Å². The van der Waals surface area contributed by atoms with Gasteiger partial charge >= 0.3 is 0 Å². The van der Waals surface area contributed by atoms with E-state index in [4.69, 9.17) is 0 Å². The van der Waals surface area contributed by atoms with Gasteiger partial charge in [0.15, 0.2) is 10.8 Å². The van der Waals surface area contributed by atoms with Gasteiger partial charge in [-0.1, -0.05) is 0 Å². The summed E-state index contributed by atoms with van der Waals surface area (Å²) < 4.78 is 28.0. The van der Waals surface area contributed by atoms with E-state index in [-0.39, 0.29) is 11.6 Å². The van der Waals surface area contributed by atoms with E-state index in [1.807, 2.05) is 25.1 Å². The zero-order valence-electron chi connectivity index (χ0n) is 12.7. The zero-order valence-corrected chi connectivity index (χ0v) is 13.5. The maximum absolute atomic E-state index is 12.0. The number of nitrogens with one attached hydrogen (secondary N) is 2. The van der Waals surface area contributed by atoms with E-state index in [0.29, 0.717) is 12.4 Å². The Balaban J connectivity index is 1.86. The average Bonchev–Trinajstić information content (AvgIpc) is 2.91. The third-order valence-electron chi connectivity index (χ3n) is 2.84. The molecule has 120 valence electrons. The number of rotatable bonds is 7. The van der Waals surface area contributed by atoms with Crippen molar-refractivity contribution in [3.05, 3.63) is 24.8 Å². The molecule has 2 rings (SSSR count). The van der Waals surface area contributed by atoms with E-state index in [0.717, 1.165) is 5.69 Å². The third kappa shape index (κ3) is 4.15. The first kappa shape index (κ1) is 16.2. The predicted molar refractivity (Wildman–Crippen MR) is 83.2 cm³/mol. The monoisotopic (exact) mass is 325 g/mol. The lowest BCUT2D eigenvalue weighted by atomic mass is 10.4. The van der Waals surface area contributed by atoms with Crippen LogP contribution in [0.15, 0.2) is 29.8 Å². The topological polar surface area (TPSA) is 105 Å². The van der Waals surface area contributed by atoms with Crippen molar-refractivity contribution in [1.82, 2.24) is 24.5 Å². The van der Waals surface area contributed by atoms with Crippen molar-refractivity contribution in [2.45, 2.75) is 5.03 Å². The first-order valence-electron chi connectivity index (χ1n) is 6.60. The molecule has 0 aliphatic carbocycles. The van der Waals surface area contributed by atoms with Crippen LogP contribution in [0.5, 0.6) is 0 Å². The van der Waals surface area contributed by atoms with Crippen LogP contribution in [0.25, 0.3) is 0 Å². The van der Waals surface area contributed by atoms with Crippen molar-refractivity contribution in [2.75, 3.05) is 37.4 Å².